The lowest BCUT2D eigenvalue weighted by Gasteiger charge is -2.21. The molecule has 0 aromatic rings. The fraction of sp³-hybridized carbons (Fsp3) is 1.00. The van der Waals surface area contributed by atoms with E-state index in [2.05, 4.69) is 0 Å². The van der Waals surface area contributed by atoms with E-state index in [1.54, 1.807) is 0 Å². The van der Waals surface area contributed by atoms with Crippen LogP contribution in [0.1, 0.15) is 20.8 Å². The highest BCUT2D eigenvalue weighted by Crippen LogP contribution is 2.16. The van der Waals surface area contributed by atoms with Crippen molar-refractivity contribution in [1.82, 2.24) is 0 Å². The van der Waals surface area contributed by atoms with Gasteiger partial charge in [0.1, 0.15) is 4.75 Å². The molecule has 0 heterocycles. The van der Waals surface area contributed by atoms with Crippen LogP contribution in [0.25, 0.3) is 0 Å². The van der Waals surface area contributed by atoms with Crippen LogP contribution in [0, 0.1) is 0 Å². The van der Waals surface area contributed by atoms with Gasteiger partial charge in [-0.2, -0.15) is 0 Å². The van der Waals surface area contributed by atoms with E-state index in [0.29, 0.717) is 0 Å². The van der Waals surface area contributed by atoms with E-state index in [1.807, 2.05) is 20.8 Å². The summed E-state index contributed by atoms with van der Waals surface area (Å²) in [7, 11) is 0. The minimum Gasteiger partial charge on any atom is -0.615 e. The third-order valence-corrected chi connectivity index (χ3v) is 2.94. The molecule has 0 spiro atoms. The highest BCUT2D eigenvalue weighted by atomic mass is 35.5. The zero-order valence-corrected chi connectivity index (χ0v) is 6.97. The molecule has 0 aliphatic carbocycles. The Morgan fingerprint density at radius 3 is 1.88 bits per heavy atom. The zero-order chi connectivity index (χ0) is 6.78. The lowest BCUT2D eigenvalue weighted by Crippen LogP contribution is -2.28. The minimum atomic E-state index is -0.879. The molecule has 0 fully saturated rings. The van der Waals surface area contributed by atoms with Crippen molar-refractivity contribution >= 4 is 22.8 Å². The van der Waals surface area contributed by atoms with Gasteiger partial charge in [0, 0.05) is 0 Å². The van der Waals surface area contributed by atoms with E-state index in [4.69, 9.17) is 11.6 Å². The predicted octanol–water partition coefficient (Wildman–Crippen LogP) is 1.73. The van der Waals surface area contributed by atoms with Gasteiger partial charge in [0.15, 0.2) is 5.21 Å². The molecular formula is C5H11ClOS. The standard InChI is InChI=1S/C5H11ClOS/c1-5(2,3)8(7)4-6/h4H2,1-3H3. The first-order valence-corrected chi connectivity index (χ1v) is 4.28. The van der Waals surface area contributed by atoms with Gasteiger partial charge in [0.25, 0.3) is 0 Å². The molecule has 0 saturated heterocycles. The lowest BCUT2D eigenvalue weighted by molar-refractivity contribution is 0.564. The Morgan fingerprint density at radius 2 is 1.88 bits per heavy atom. The predicted molar refractivity (Wildman–Crippen MR) is 38.6 cm³/mol. The highest BCUT2D eigenvalue weighted by Gasteiger charge is 2.23. The fourth-order valence-corrected chi connectivity index (χ4v) is 1.47. The van der Waals surface area contributed by atoms with Crippen molar-refractivity contribution in [2.45, 2.75) is 25.5 Å². The first kappa shape index (κ1) is 8.60. The summed E-state index contributed by atoms with van der Waals surface area (Å²) in [5.41, 5.74) is 0. The van der Waals surface area contributed by atoms with Gasteiger partial charge in [-0.25, -0.2) is 0 Å². The van der Waals surface area contributed by atoms with Crippen LogP contribution in [-0.2, 0) is 11.2 Å². The summed E-state index contributed by atoms with van der Waals surface area (Å²) >= 11 is 4.46. The normalized spacial score (nSPS) is 16.1. The van der Waals surface area contributed by atoms with Gasteiger partial charge in [-0.15, -0.1) is 0 Å². The maximum absolute atomic E-state index is 10.8. The van der Waals surface area contributed by atoms with E-state index in [9.17, 15) is 4.55 Å². The average molecular weight is 155 g/mol. The molecule has 0 amide bonds. The largest absolute Gasteiger partial charge is 0.615 e. The molecule has 0 rings (SSSR count). The van der Waals surface area contributed by atoms with E-state index < -0.39 is 11.2 Å². The number of hydrogen-bond acceptors (Lipinski definition) is 1. The van der Waals surface area contributed by atoms with Crippen molar-refractivity contribution in [3.05, 3.63) is 0 Å². The Hall–Kier alpha value is 0.600. The Kier molecular flexibility index (Phi) is 3.17. The smallest absolute Gasteiger partial charge is 0.179 e. The van der Waals surface area contributed by atoms with E-state index in [1.165, 1.54) is 0 Å². The molecule has 0 N–H and O–H groups in total. The average Bonchev–Trinajstić information content (AvgIpc) is 1.62. The molecule has 8 heavy (non-hydrogen) atoms. The van der Waals surface area contributed by atoms with E-state index in [-0.39, 0.29) is 9.96 Å². The summed E-state index contributed by atoms with van der Waals surface area (Å²) in [6, 6.07) is 0. The Bertz CT molecular complexity index is 69.3. The van der Waals surface area contributed by atoms with E-state index >= 15 is 0 Å². The van der Waals surface area contributed by atoms with Crippen LogP contribution >= 0.6 is 11.6 Å². The third kappa shape index (κ3) is 2.80. The number of rotatable bonds is 1. The molecule has 1 unspecified atom stereocenters. The zero-order valence-electron chi connectivity index (χ0n) is 5.40. The second kappa shape index (κ2) is 2.95. The maximum atomic E-state index is 10.8. The van der Waals surface area contributed by atoms with E-state index in [0.717, 1.165) is 0 Å². The van der Waals surface area contributed by atoms with Crippen LogP contribution < -0.4 is 0 Å². The molecule has 0 aliphatic heterocycles. The molecule has 0 saturated carbocycles. The van der Waals surface area contributed by atoms with Crippen molar-refractivity contribution in [2.24, 2.45) is 0 Å². The van der Waals surface area contributed by atoms with Gasteiger partial charge in [-0.05, 0) is 31.9 Å². The monoisotopic (exact) mass is 154 g/mol. The molecule has 0 aliphatic rings. The molecule has 0 aromatic carbocycles. The van der Waals surface area contributed by atoms with Crippen LogP contribution in [0.4, 0.5) is 0 Å². The third-order valence-electron chi connectivity index (χ3n) is 0.782. The van der Waals surface area contributed by atoms with Crippen LogP contribution in [0.3, 0.4) is 0 Å². The Morgan fingerprint density at radius 1 is 1.50 bits per heavy atom. The minimum absolute atomic E-state index is 0.151. The first-order valence-electron chi connectivity index (χ1n) is 2.43. The van der Waals surface area contributed by atoms with Gasteiger partial charge in [0.2, 0.25) is 0 Å². The molecule has 3 heteroatoms. The quantitative estimate of drug-likeness (QED) is 0.417. The second-order valence-electron chi connectivity index (χ2n) is 2.57. The highest BCUT2D eigenvalue weighted by molar-refractivity contribution is 7.93. The molecular weight excluding hydrogens is 144 g/mol. The van der Waals surface area contributed by atoms with Gasteiger partial charge in [-0.3, -0.25) is 0 Å². The molecule has 0 aromatic heterocycles. The summed E-state index contributed by atoms with van der Waals surface area (Å²) in [6.07, 6.45) is 0. The number of halogens is 1. The first-order chi connectivity index (χ1) is 3.48. The molecule has 1 nitrogen and oxygen atoms in total. The van der Waals surface area contributed by atoms with Crippen molar-refractivity contribution in [3.63, 3.8) is 0 Å². The Balaban J connectivity index is 3.62. The lowest BCUT2D eigenvalue weighted by atomic mass is 10.3. The van der Waals surface area contributed by atoms with Crippen molar-refractivity contribution in [1.29, 1.82) is 0 Å². The summed E-state index contributed by atoms with van der Waals surface area (Å²) < 4.78 is 10.7. The molecule has 0 bridgehead atoms. The van der Waals surface area contributed by atoms with Crippen LogP contribution in [0.2, 0.25) is 0 Å². The van der Waals surface area contributed by atoms with Gasteiger partial charge < -0.3 is 4.55 Å². The van der Waals surface area contributed by atoms with Gasteiger partial charge >= 0.3 is 0 Å². The molecule has 50 valence electrons. The Labute approximate surface area is 58.6 Å². The van der Waals surface area contributed by atoms with Crippen molar-refractivity contribution in [3.8, 4) is 0 Å². The summed E-state index contributed by atoms with van der Waals surface area (Å²) in [5.74, 6) is 0. The second-order valence-corrected chi connectivity index (χ2v) is 5.36. The topological polar surface area (TPSA) is 23.1 Å². The van der Waals surface area contributed by atoms with Crippen LogP contribution in [-0.4, -0.2) is 14.5 Å². The fourth-order valence-electron chi connectivity index (χ4n) is 0.164. The van der Waals surface area contributed by atoms with Crippen LogP contribution in [0.15, 0.2) is 0 Å². The maximum Gasteiger partial charge on any atom is 0.179 e. The SMILES string of the molecule is CC(C)(C)[S+]([O-])CCl. The van der Waals surface area contributed by atoms with Crippen molar-refractivity contribution < 1.29 is 4.55 Å². The summed E-state index contributed by atoms with van der Waals surface area (Å²) in [4.78, 5) is 0. The summed E-state index contributed by atoms with van der Waals surface area (Å²) in [5, 5.41) is 0.240. The summed E-state index contributed by atoms with van der Waals surface area (Å²) in [6.45, 7) is 5.72. The van der Waals surface area contributed by atoms with Crippen molar-refractivity contribution in [2.75, 3.05) is 5.21 Å². The number of hydrogen-bond donors (Lipinski definition) is 0. The molecule has 1 atom stereocenters. The molecule has 0 radical (unpaired) electrons. The van der Waals surface area contributed by atoms with Gasteiger partial charge in [-0.1, -0.05) is 11.6 Å². The van der Waals surface area contributed by atoms with Crippen LogP contribution in [0.5, 0.6) is 0 Å². The number of alkyl halides is 1. The van der Waals surface area contributed by atoms with Gasteiger partial charge in [0.05, 0.1) is 0 Å².